The van der Waals surface area contributed by atoms with Crippen molar-refractivity contribution in [1.82, 2.24) is 4.98 Å². The number of anilines is 2. The minimum absolute atomic E-state index is 0.119. The van der Waals surface area contributed by atoms with Gasteiger partial charge in [-0.05, 0) is 24.6 Å². The number of pyridine rings is 1. The molecule has 0 fully saturated rings. The van der Waals surface area contributed by atoms with Crippen molar-refractivity contribution < 1.29 is 14.6 Å². The number of aromatic carboxylic acids is 1. The predicted octanol–water partition coefficient (Wildman–Crippen LogP) is 3.99. The first-order chi connectivity index (χ1) is 11.1. The number of hydrogen-bond acceptors (Lipinski definition) is 4. The summed E-state index contributed by atoms with van der Waals surface area (Å²) in [6.07, 6.45) is 1.35. The third kappa shape index (κ3) is 2.68. The fourth-order valence-electron chi connectivity index (χ4n) is 2.51. The van der Waals surface area contributed by atoms with Gasteiger partial charge < -0.3 is 15.2 Å². The molecule has 2 aromatic carbocycles. The van der Waals surface area contributed by atoms with Gasteiger partial charge in [0.25, 0.3) is 0 Å². The molecule has 3 rings (SSSR count). The van der Waals surface area contributed by atoms with Crippen molar-refractivity contribution in [3.8, 4) is 5.75 Å². The number of rotatable bonds is 4. The third-order valence-electron chi connectivity index (χ3n) is 3.72. The zero-order chi connectivity index (χ0) is 16.4. The van der Waals surface area contributed by atoms with Gasteiger partial charge in [-0.3, -0.25) is 4.98 Å². The molecule has 0 saturated heterocycles. The molecule has 1 heterocycles. The molecule has 0 aliphatic heterocycles. The number of aryl methyl sites for hydroxylation is 1. The van der Waals surface area contributed by atoms with Gasteiger partial charge in [0, 0.05) is 17.3 Å². The molecule has 0 aliphatic rings. The monoisotopic (exact) mass is 308 g/mol. The summed E-state index contributed by atoms with van der Waals surface area (Å²) in [7, 11) is 1.57. The number of nitrogens with one attached hydrogen (secondary N) is 1. The summed E-state index contributed by atoms with van der Waals surface area (Å²) >= 11 is 0. The molecule has 0 unspecified atom stereocenters. The highest BCUT2D eigenvalue weighted by molar-refractivity contribution is 6.06. The molecule has 0 atom stereocenters. The maximum absolute atomic E-state index is 11.6. The Kier molecular flexibility index (Phi) is 3.85. The number of carboxylic acids is 1. The van der Waals surface area contributed by atoms with E-state index in [0.717, 1.165) is 11.3 Å². The van der Waals surface area contributed by atoms with E-state index in [0.29, 0.717) is 22.3 Å². The number of carboxylic acid groups (broad SMARTS) is 1. The van der Waals surface area contributed by atoms with Gasteiger partial charge in [0.15, 0.2) is 0 Å². The highest BCUT2D eigenvalue weighted by Gasteiger charge is 2.17. The number of carbonyl (C=O) groups is 1. The van der Waals surface area contributed by atoms with Gasteiger partial charge in [-0.15, -0.1) is 0 Å². The minimum Gasteiger partial charge on any atom is -0.494 e. The molecule has 5 heteroatoms. The zero-order valence-electron chi connectivity index (χ0n) is 12.8. The quantitative estimate of drug-likeness (QED) is 0.762. The molecule has 23 heavy (non-hydrogen) atoms. The van der Waals surface area contributed by atoms with Crippen molar-refractivity contribution in [2.75, 3.05) is 12.4 Å². The van der Waals surface area contributed by atoms with E-state index in [9.17, 15) is 9.90 Å². The highest BCUT2D eigenvalue weighted by Crippen LogP contribution is 2.34. The van der Waals surface area contributed by atoms with Crippen LogP contribution in [0.1, 0.15) is 15.9 Å². The first-order valence-electron chi connectivity index (χ1n) is 7.13. The predicted molar refractivity (Wildman–Crippen MR) is 89.7 cm³/mol. The van der Waals surface area contributed by atoms with Gasteiger partial charge in [-0.1, -0.05) is 30.3 Å². The SMILES string of the molecule is COc1cccc2c(Nc3ccccc3C)c(C(=O)O)cnc12. The van der Waals surface area contributed by atoms with Gasteiger partial charge in [-0.2, -0.15) is 0 Å². The first-order valence-corrected chi connectivity index (χ1v) is 7.13. The Hall–Kier alpha value is -3.08. The zero-order valence-corrected chi connectivity index (χ0v) is 12.8. The summed E-state index contributed by atoms with van der Waals surface area (Å²) in [5.74, 6) is -0.425. The molecule has 116 valence electrons. The lowest BCUT2D eigenvalue weighted by Crippen LogP contribution is -2.05. The molecule has 0 spiro atoms. The van der Waals surface area contributed by atoms with Crippen molar-refractivity contribution in [1.29, 1.82) is 0 Å². The Bertz CT molecular complexity index is 891. The second kappa shape index (κ2) is 5.96. The van der Waals surface area contributed by atoms with E-state index < -0.39 is 5.97 Å². The molecule has 0 radical (unpaired) electrons. The Balaban J connectivity index is 2.25. The summed E-state index contributed by atoms with van der Waals surface area (Å²) < 4.78 is 5.32. The molecule has 0 bridgehead atoms. The van der Waals surface area contributed by atoms with E-state index in [1.165, 1.54) is 6.20 Å². The maximum Gasteiger partial charge on any atom is 0.339 e. The topological polar surface area (TPSA) is 71.5 Å². The van der Waals surface area contributed by atoms with E-state index in [1.807, 2.05) is 43.3 Å². The number of methoxy groups -OCH3 is 1. The number of nitrogens with zero attached hydrogens (tertiary/aromatic N) is 1. The number of aromatic nitrogens is 1. The Morgan fingerprint density at radius 1 is 1.17 bits per heavy atom. The van der Waals surface area contributed by atoms with Gasteiger partial charge in [0.05, 0.1) is 12.8 Å². The molecule has 0 amide bonds. The molecular weight excluding hydrogens is 292 g/mol. The fourth-order valence-corrected chi connectivity index (χ4v) is 2.51. The van der Waals surface area contributed by atoms with E-state index in [-0.39, 0.29) is 5.56 Å². The molecule has 0 saturated carbocycles. The Morgan fingerprint density at radius 2 is 1.96 bits per heavy atom. The highest BCUT2D eigenvalue weighted by atomic mass is 16.5. The van der Waals surface area contributed by atoms with Crippen LogP contribution in [-0.4, -0.2) is 23.2 Å². The molecule has 0 aliphatic carbocycles. The van der Waals surface area contributed by atoms with Crippen molar-refractivity contribution >= 4 is 28.2 Å². The molecule has 2 N–H and O–H groups in total. The summed E-state index contributed by atoms with van der Waals surface area (Å²) in [5.41, 5.74) is 3.13. The van der Waals surface area contributed by atoms with Gasteiger partial charge in [-0.25, -0.2) is 4.79 Å². The van der Waals surface area contributed by atoms with E-state index in [2.05, 4.69) is 10.3 Å². The van der Waals surface area contributed by atoms with E-state index in [4.69, 9.17) is 4.74 Å². The lowest BCUT2D eigenvalue weighted by molar-refractivity contribution is 0.0697. The number of hydrogen-bond donors (Lipinski definition) is 2. The second-order valence-electron chi connectivity index (χ2n) is 5.15. The maximum atomic E-state index is 11.6. The van der Waals surface area contributed by atoms with Crippen molar-refractivity contribution in [3.05, 3.63) is 59.8 Å². The minimum atomic E-state index is -1.03. The average Bonchev–Trinajstić information content (AvgIpc) is 2.56. The Labute approximate surface area is 133 Å². The molecule has 1 aromatic heterocycles. The summed E-state index contributed by atoms with van der Waals surface area (Å²) in [6.45, 7) is 1.97. The van der Waals surface area contributed by atoms with Crippen LogP contribution >= 0.6 is 0 Å². The number of benzene rings is 2. The third-order valence-corrected chi connectivity index (χ3v) is 3.72. The van der Waals surface area contributed by atoms with Gasteiger partial charge in [0.1, 0.15) is 16.8 Å². The summed E-state index contributed by atoms with van der Waals surface area (Å²) in [6, 6.07) is 13.2. The van der Waals surface area contributed by atoms with Crippen LogP contribution in [0.3, 0.4) is 0 Å². The van der Waals surface area contributed by atoms with Crippen LogP contribution in [0.15, 0.2) is 48.7 Å². The standard InChI is InChI=1S/C18H16N2O3/c1-11-6-3-4-8-14(11)20-16-12-7-5-9-15(23-2)17(12)19-10-13(16)18(21)22/h3-10H,1-2H3,(H,19,20)(H,21,22). The van der Waals surface area contributed by atoms with Crippen LogP contribution in [0.2, 0.25) is 0 Å². The van der Waals surface area contributed by atoms with Gasteiger partial charge in [0.2, 0.25) is 0 Å². The molecule has 5 nitrogen and oxygen atoms in total. The summed E-state index contributed by atoms with van der Waals surface area (Å²) in [4.78, 5) is 15.8. The van der Waals surface area contributed by atoms with Crippen molar-refractivity contribution in [3.63, 3.8) is 0 Å². The normalized spacial score (nSPS) is 10.5. The first kappa shape index (κ1) is 14.8. The van der Waals surface area contributed by atoms with Crippen molar-refractivity contribution in [2.45, 2.75) is 6.92 Å². The van der Waals surface area contributed by atoms with Crippen molar-refractivity contribution in [2.24, 2.45) is 0 Å². The van der Waals surface area contributed by atoms with Gasteiger partial charge >= 0.3 is 5.97 Å². The van der Waals surface area contributed by atoms with Crippen LogP contribution in [0.5, 0.6) is 5.75 Å². The summed E-state index contributed by atoms with van der Waals surface area (Å²) in [5, 5.41) is 13.4. The fraction of sp³-hybridized carbons (Fsp3) is 0.111. The van der Waals surface area contributed by atoms with Crippen LogP contribution in [0, 0.1) is 6.92 Å². The molecular formula is C18H16N2O3. The second-order valence-corrected chi connectivity index (χ2v) is 5.15. The van der Waals surface area contributed by atoms with Crippen LogP contribution in [0.4, 0.5) is 11.4 Å². The smallest absolute Gasteiger partial charge is 0.339 e. The largest absolute Gasteiger partial charge is 0.494 e. The lowest BCUT2D eigenvalue weighted by Gasteiger charge is -2.15. The van der Waals surface area contributed by atoms with E-state index in [1.54, 1.807) is 13.2 Å². The average molecular weight is 308 g/mol. The van der Waals surface area contributed by atoms with Crippen LogP contribution < -0.4 is 10.1 Å². The number of fused-ring (bicyclic) bond motifs is 1. The molecule has 3 aromatic rings. The Morgan fingerprint density at radius 3 is 2.65 bits per heavy atom. The lowest BCUT2D eigenvalue weighted by atomic mass is 10.1. The van der Waals surface area contributed by atoms with Crippen LogP contribution in [-0.2, 0) is 0 Å². The van der Waals surface area contributed by atoms with Crippen LogP contribution in [0.25, 0.3) is 10.9 Å². The number of ether oxygens (including phenoxy) is 1. The van der Waals surface area contributed by atoms with E-state index >= 15 is 0 Å². The number of para-hydroxylation sites is 2.